The maximum Gasteiger partial charge on any atom is 0.102 e. The van der Waals surface area contributed by atoms with Crippen molar-refractivity contribution >= 4 is 0 Å². The minimum atomic E-state index is 0. The Bertz CT molecular complexity index is 5250. The Balaban J connectivity index is 0.000000152. The second-order valence-corrected chi connectivity index (χ2v) is 25.9. The minimum absolute atomic E-state index is 0. The van der Waals surface area contributed by atoms with Crippen LogP contribution in [0.2, 0.25) is 0 Å². The van der Waals surface area contributed by atoms with Crippen LogP contribution in [0.4, 0.5) is 0 Å². The van der Waals surface area contributed by atoms with E-state index in [1.165, 1.54) is 61.2 Å². The quantitative estimate of drug-likeness (QED) is 0.131. The zero-order valence-electron chi connectivity index (χ0n) is 59.2. The molecule has 2 aliphatic carbocycles. The Kier molecular flexibility index (Phi) is 27.6. The van der Waals surface area contributed by atoms with Crippen LogP contribution in [0, 0.1) is 30.3 Å². The molecule has 18 heteroatoms. The van der Waals surface area contributed by atoms with Gasteiger partial charge in [0.15, 0.2) is 0 Å². The van der Waals surface area contributed by atoms with E-state index in [1.807, 2.05) is 176 Å². The molecule has 0 atom stereocenters. The average molecular weight is 2280 g/mol. The molecular weight excluding hydrogens is 2210 g/mol. The van der Waals surface area contributed by atoms with E-state index in [0.29, 0.717) is 5.82 Å². The Morgan fingerprint density at radius 3 is 1.18 bits per heavy atom. The van der Waals surface area contributed by atoms with Crippen molar-refractivity contribution in [3.05, 3.63) is 346 Å². The van der Waals surface area contributed by atoms with E-state index in [1.54, 1.807) is 34.5 Å². The summed E-state index contributed by atoms with van der Waals surface area (Å²) in [5.41, 5.74) is 26.3. The molecule has 0 aliphatic heterocycles. The zero-order valence-corrected chi connectivity index (χ0v) is 70.9. The number of benzene rings is 10. The van der Waals surface area contributed by atoms with Crippen LogP contribution < -0.4 is 0 Å². The third kappa shape index (κ3) is 18.2. The van der Waals surface area contributed by atoms with E-state index in [4.69, 9.17) is 0 Å². The summed E-state index contributed by atoms with van der Waals surface area (Å²) in [5.74, 6) is 1.43. The van der Waals surface area contributed by atoms with Gasteiger partial charge in [0.2, 0.25) is 0 Å². The summed E-state index contributed by atoms with van der Waals surface area (Å²) < 4.78 is 9.33. The van der Waals surface area contributed by atoms with Crippen LogP contribution in [0.3, 0.4) is 0 Å². The molecule has 3 radical (unpaired) electrons. The molecule has 0 saturated carbocycles. The molecule has 0 saturated heterocycles. The zero-order chi connectivity index (χ0) is 69.5. The van der Waals surface area contributed by atoms with Crippen LogP contribution in [0.15, 0.2) is 293 Å². The van der Waals surface area contributed by atoms with Gasteiger partial charge < -0.3 is 13.7 Å². The third-order valence-corrected chi connectivity index (χ3v) is 18.2. The van der Waals surface area contributed by atoms with E-state index in [-0.39, 0.29) is 113 Å². The fourth-order valence-corrected chi connectivity index (χ4v) is 12.9. The van der Waals surface area contributed by atoms with Crippen molar-refractivity contribution in [3.63, 3.8) is 0 Å². The van der Waals surface area contributed by atoms with Crippen molar-refractivity contribution in [1.82, 2.24) is 63.2 Å². The maximum atomic E-state index is 4.51. The van der Waals surface area contributed by atoms with Crippen LogP contribution in [-0.4, -0.2) is 63.2 Å². The van der Waals surface area contributed by atoms with Gasteiger partial charge >= 0.3 is 0 Å². The number of aryl methyl sites for hydroxylation is 4. The molecule has 6 heterocycles. The van der Waals surface area contributed by atoms with Gasteiger partial charge in [0.05, 0.1) is 36.3 Å². The first-order valence-corrected chi connectivity index (χ1v) is 33.4. The van der Waals surface area contributed by atoms with Crippen molar-refractivity contribution < 1.29 is 102 Å². The molecule has 16 aromatic rings. The summed E-state index contributed by atoms with van der Waals surface area (Å²) in [5, 5.41) is 8.67. The summed E-state index contributed by atoms with van der Waals surface area (Å²) in [6, 6.07) is 97.1. The van der Waals surface area contributed by atoms with Crippen molar-refractivity contribution in [2.24, 2.45) is 28.2 Å². The predicted molar refractivity (Wildman–Crippen MR) is 403 cm³/mol. The molecule has 6 aromatic heterocycles. The van der Waals surface area contributed by atoms with Crippen molar-refractivity contribution in [2.45, 2.75) is 38.5 Å². The molecule has 0 spiro atoms. The molecule has 0 unspecified atom stereocenters. The van der Waals surface area contributed by atoms with Crippen LogP contribution in [-0.2, 0) is 141 Å². The fourth-order valence-electron chi connectivity index (χ4n) is 12.9. The Labute approximate surface area is 689 Å². The second kappa shape index (κ2) is 36.3. The number of nitrogens with zero attached hydrogens (tertiary/aromatic N) is 13. The van der Waals surface area contributed by atoms with Crippen molar-refractivity contribution in [1.29, 1.82) is 0 Å². The Morgan fingerprint density at radius 1 is 0.311 bits per heavy atom. The van der Waals surface area contributed by atoms with E-state index < -0.39 is 0 Å². The Hall–Kier alpha value is -9.42. The molecule has 106 heavy (non-hydrogen) atoms. The van der Waals surface area contributed by atoms with Crippen LogP contribution in [0.5, 0.6) is 0 Å². The molecular formula is C88H72Ir3N13Pt2-5. The Morgan fingerprint density at radius 2 is 0.708 bits per heavy atom. The molecule has 10 aromatic carbocycles. The maximum absolute atomic E-state index is 4.51. The molecule has 18 rings (SSSR count). The average Bonchev–Trinajstić information content (AvgIpc) is 1.59. The number of fused-ring (bicyclic) bond motifs is 6. The minimum Gasteiger partial charge on any atom is -0.350 e. The number of imidazole rings is 3. The van der Waals surface area contributed by atoms with Crippen LogP contribution in [0.25, 0.3) is 118 Å². The van der Waals surface area contributed by atoms with Gasteiger partial charge in [-0.3, -0.25) is 39.3 Å². The van der Waals surface area contributed by atoms with Gasteiger partial charge in [-0.25, -0.2) is 10.2 Å². The fraction of sp³-hybridized carbons (Fsp3) is 0.114. The summed E-state index contributed by atoms with van der Waals surface area (Å²) in [4.78, 5) is 26.3. The molecule has 0 N–H and O–H groups in total. The topological polar surface area (TPSA) is 128 Å². The summed E-state index contributed by atoms with van der Waals surface area (Å²) in [6.07, 6.45) is 16.7. The SMILES string of the molecule is Cn1cnc(-c2[c-]cc3c(c2)C(C)(C)c2ccccc2-3)c1.Cn1cnc(-c2[c-]cc3c(c2)C(C)(C)c2ccccc2-3)n1.Cn1cnc(-c2[c-]ccc(-c3ccccc3)c2)c1.Cn1cnc(-c2[c-]ccc(-c3ccccc3)c2)n1.[Ir].[Ir].[Ir].[Pt].[Pt].[c-]1ccc(-c2ccccn2)cc1-c1cn(-c2ccccc2)cn1. The monoisotopic (exact) mass is 2280 g/mol. The van der Waals surface area contributed by atoms with Gasteiger partial charge in [-0.05, 0) is 75.9 Å². The number of aromatic nitrogens is 13. The van der Waals surface area contributed by atoms with Gasteiger partial charge in [0.25, 0.3) is 0 Å². The second-order valence-electron chi connectivity index (χ2n) is 25.9. The van der Waals surface area contributed by atoms with Gasteiger partial charge in [-0.15, -0.1) is 159 Å². The normalized spacial score (nSPS) is 11.7. The molecule has 0 fully saturated rings. The van der Waals surface area contributed by atoms with Crippen molar-refractivity contribution in [2.75, 3.05) is 0 Å². The summed E-state index contributed by atoms with van der Waals surface area (Å²) >= 11 is 0. The molecule has 0 amide bonds. The first-order chi connectivity index (χ1) is 49.2. The summed E-state index contributed by atoms with van der Waals surface area (Å²) in [6.45, 7) is 9.13. The van der Waals surface area contributed by atoms with E-state index in [2.05, 4.69) is 232 Å². The first-order valence-electron chi connectivity index (χ1n) is 33.4. The van der Waals surface area contributed by atoms with Gasteiger partial charge in [-0.1, -0.05) is 189 Å². The predicted octanol–water partition coefficient (Wildman–Crippen LogP) is 18.7. The number of hydrogen-bond acceptors (Lipinski definition) is 8. The molecule has 13 nitrogen and oxygen atoms in total. The van der Waals surface area contributed by atoms with Gasteiger partial charge in [0.1, 0.15) is 12.7 Å². The van der Waals surface area contributed by atoms with Crippen molar-refractivity contribution in [3.8, 4) is 118 Å². The molecule has 541 valence electrons. The number of pyridine rings is 1. The smallest absolute Gasteiger partial charge is 0.102 e. The largest absolute Gasteiger partial charge is 0.350 e. The van der Waals surface area contributed by atoms with Gasteiger partial charge in [0, 0.05) is 160 Å². The molecule has 0 bridgehead atoms. The standard InChI is InChI=1S/C20H14N3.C19H17N2.C18H16N3.C16H13N2.C15H12N3.3Ir.2Pt/c1-2-9-18(10-3-1)23-14-20(22-15-23)17-8-6-7-16(13-17)19-11-4-5-12-21-19;1-19(2)16-7-5-4-6-14(16)15-9-8-13(10-17(15)19)18-11-21(3)12-20-18;1-18(2)15-7-5-4-6-13(15)14-9-8-12(10-16(14)18)17-19-11-21(3)20-17;1-18-11-16(17-12-18)15-9-5-8-14(10-15)13-6-3-2-4-7-13;1-18-11-16-15(17-18)14-9-5-8-13(10-14)12-6-3-2-4-7-12;;;;;/h1-7,9-15H;4-7,9-12H,1-3H3;4-7,9-11H,1-3H3;2-8,10-12H,1H3;2-8,10-11H,1H3;;;;;/q5*-1;;;;;. The number of rotatable bonds is 9. The van der Waals surface area contributed by atoms with E-state index >= 15 is 0 Å². The first kappa shape index (κ1) is 80.7. The number of hydrogen-bond donors (Lipinski definition) is 0. The number of para-hydroxylation sites is 1. The van der Waals surface area contributed by atoms with Crippen LogP contribution >= 0.6 is 0 Å². The summed E-state index contributed by atoms with van der Waals surface area (Å²) in [7, 11) is 7.70. The van der Waals surface area contributed by atoms with Crippen LogP contribution in [0.1, 0.15) is 49.9 Å². The van der Waals surface area contributed by atoms with Gasteiger partial charge in [-0.2, -0.15) is 0 Å². The van der Waals surface area contributed by atoms with E-state index in [0.717, 1.165) is 73.2 Å². The van der Waals surface area contributed by atoms with E-state index in [9.17, 15) is 0 Å². The third-order valence-electron chi connectivity index (χ3n) is 18.2. The molecule has 2 aliphatic rings.